The van der Waals surface area contributed by atoms with Crippen molar-refractivity contribution in [1.29, 1.82) is 0 Å². The quantitative estimate of drug-likeness (QED) is 0.892. The lowest BCUT2D eigenvalue weighted by Gasteiger charge is -2.52. The highest BCUT2D eigenvalue weighted by atomic mass is 79.9. The summed E-state index contributed by atoms with van der Waals surface area (Å²) in [6.45, 7) is 2.90. The number of nitrogens with two attached hydrogens (primary N) is 1. The first-order valence-corrected chi connectivity index (χ1v) is 7.45. The molecule has 4 rings (SSSR count). The average Bonchev–Trinajstić information content (AvgIpc) is 2.42. The summed E-state index contributed by atoms with van der Waals surface area (Å²) in [5, 5.41) is 3.42. The predicted molar refractivity (Wildman–Crippen MR) is 78.9 cm³/mol. The maximum absolute atomic E-state index is 12.1. The highest BCUT2D eigenvalue weighted by Gasteiger charge is 2.50. The number of nitrogens with one attached hydrogen (secondary N) is 1. The molecule has 102 valence electrons. The Kier molecular flexibility index (Phi) is 3.27. The Bertz CT molecular complexity index is 482. The van der Waals surface area contributed by atoms with Crippen molar-refractivity contribution in [3.8, 4) is 0 Å². The molecule has 1 atom stereocenters. The van der Waals surface area contributed by atoms with Crippen LogP contribution < -0.4 is 11.1 Å². The SMILES string of the molecule is NC(=O)C1(Nc2ccc(Br)cc2)CN2CCC1CC2. The van der Waals surface area contributed by atoms with Crippen molar-refractivity contribution >= 4 is 27.5 Å². The number of hydrogen-bond acceptors (Lipinski definition) is 3. The zero-order valence-corrected chi connectivity index (χ0v) is 12.3. The maximum Gasteiger partial charge on any atom is 0.244 e. The van der Waals surface area contributed by atoms with Crippen LogP contribution in [0.3, 0.4) is 0 Å². The molecule has 3 saturated heterocycles. The second kappa shape index (κ2) is 4.80. The molecule has 19 heavy (non-hydrogen) atoms. The van der Waals surface area contributed by atoms with Crippen molar-refractivity contribution in [1.82, 2.24) is 4.90 Å². The van der Waals surface area contributed by atoms with Crippen LogP contribution in [0.2, 0.25) is 0 Å². The molecule has 2 bridgehead atoms. The van der Waals surface area contributed by atoms with Crippen LogP contribution in [0.15, 0.2) is 28.7 Å². The van der Waals surface area contributed by atoms with Crippen LogP contribution in [0.5, 0.6) is 0 Å². The van der Waals surface area contributed by atoms with Crippen molar-refractivity contribution < 1.29 is 4.79 Å². The normalized spacial score (nSPS) is 33.1. The van der Waals surface area contributed by atoms with Gasteiger partial charge in [0.15, 0.2) is 0 Å². The molecule has 4 nitrogen and oxygen atoms in total. The Morgan fingerprint density at radius 2 is 1.95 bits per heavy atom. The molecule has 0 aliphatic carbocycles. The van der Waals surface area contributed by atoms with Gasteiger partial charge in [0.2, 0.25) is 5.91 Å². The number of piperidine rings is 3. The molecule has 1 aromatic carbocycles. The summed E-state index contributed by atoms with van der Waals surface area (Å²) < 4.78 is 1.03. The fourth-order valence-electron chi connectivity index (χ4n) is 3.34. The van der Waals surface area contributed by atoms with Gasteiger partial charge < -0.3 is 16.0 Å². The number of hydrogen-bond donors (Lipinski definition) is 2. The summed E-state index contributed by atoms with van der Waals surface area (Å²) in [6, 6.07) is 7.90. The number of rotatable bonds is 3. The summed E-state index contributed by atoms with van der Waals surface area (Å²) in [5.74, 6) is 0.114. The minimum Gasteiger partial charge on any atom is -0.370 e. The molecule has 1 unspecified atom stereocenters. The van der Waals surface area contributed by atoms with E-state index >= 15 is 0 Å². The van der Waals surface area contributed by atoms with E-state index in [1.54, 1.807) is 0 Å². The molecule has 0 saturated carbocycles. The summed E-state index contributed by atoms with van der Waals surface area (Å²) in [7, 11) is 0. The van der Waals surface area contributed by atoms with Crippen LogP contribution in [0, 0.1) is 5.92 Å². The van der Waals surface area contributed by atoms with Crippen LogP contribution >= 0.6 is 15.9 Å². The van der Waals surface area contributed by atoms with Crippen molar-refractivity contribution in [2.24, 2.45) is 11.7 Å². The van der Waals surface area contributed by atoms with E-state index in [9.17, 15) is 4.79 Å². The minimum absolute atomic E-state index is 0.232. The Morgan fingerprint density at radius 3 is 2.42 bits per heavy atom. The highest BCUT2D eigenvalue weighted by Crippen LogP contribution is 2.38. The molecule has 3 N–H and O–H groups in total. The molecule has 0 aromatic heterocycles. The number of amides is 1. The van der Waals surface area contributed by atoms with E-state index in [4.69, 9.17) is 5.73 Å². The number of halogens is 1. The maximum atomic E-state index is 12.1. The zero-order chi connectivity index (χ0) is 13.5. The largest absolute Gasteiger partial charge is 0.370 e. The Hall–Kier alpha value is -1.07. The van der Waals surface area contributed by atoms with Gasteiger partial charge in [0.05, 0.1) is 0 Å². The predicted octanol–water partition coefficient (Wildman–Crippen LogP) is 1.81. The van der Waals surface area contributed by atoms with E-state index in [0.717, 1.165) is 42.6 Å². The van der Waals surface area contributed by atoms with Gasteiger partial charge in [0.25, 0.3) is 0 Å². The molecule has 0 radical (unpaired) electrons. The number of benzene rings is 1. The molecular formula is C14H18BrN3O. The molecular weight excluding hydrogens is 306 g/mol. The Morgan fingerprint density at radius 1 is 1.32 bits per heavy atom. The Balaban J connectivity index is 1.89. The van der Waals surface area contributed by atoms with Crippen LogP contribution in [-0.4, -0.2) is 36.0 Å². The summed E-state index contributed by atoms with van der Waals surface area (Å²) in [4.78, 5) is 14.4. The van der Waals surface area contributed by atoms with Gasteiger partial charge in [0.1, 0.15) is 5.54 Å². The molecule has 3 heterocycles. The first-order chi connectivity index (χ1) is 9.10. The smallest absolute Gasteiger partial charge is 0.244 e. The van der Waals surface area contributed by atoms with Crippen molar-refractivity contribution in [3.05, 3.63) is 28.7 Å². The van der Waals surface area contributed by atoms with Crippen molar-refractivity contribution in [3.63, 3.8) is 0 Å². The second-order valence-electron chi connectivity index (χ2n) is 5.52. The van der Waals surface area contributed by atoms with Gasteiger partial charge in [0, 0.05) is 16.7 Å². The monoisotopic (exact) mass is 323 g/mol. The van der Waals surface area contributed by atoms with Gasteiger partial charge in [-0.1, -0.05) is 15.9 Å². The number of carbonyl (C=O) groups excluding carboxylic acids is 1. The van der Waals surface area contributed by atoms with Gasteiger partial charge in [-0.3, -0.25) is 4.79 Å². The van der Waals surface area contributed by atoms with Crippen molar-refractivity contribution in [2.45, 2.75) is 18.4 Å². The summed E-state index contributed by atoms with van der Waals surface area (Å²) in [6.07, 6.45) is 2.10. The van der Waals surface area contributed by atoms with Crippen LogP contribution in [0.25, 0.3) is 0 Å². The van der Waals surface area contributed by atoms with Crippen LogP contribution in [0.1, 0.15) is 12.8 Å². The third-order valence-electron chi connectivity index (χ3n) is 4.41. The topological polar surface area (TPSA) is 58.4 Å². The lowest BCUT2D eigenvalue weighted by atomic mass is 9.72. The van der Waals surface area contributed by atoms with E-state index in [2.05, 4.69) is 26.1 Å². The van der Waals surface area contributed by atoms with Gasteiger partial charge in [-0.05, 0) is 56.1 Å². The molecule has 3 aliphatic heterocycles. The van der Waals surface area contributed by atoms with Gasteiger partial charge in [-0.25, -0.2) is 0 Å². The minimum atomic E-state index is -0.607. The number of primary amides is 1. The first kappa shape index (κ1) is 12.9. The zero-order valence-electron chi connectivity index (χ0n) is 10.7. The molecule has 0 spiro atoms. The Labute approximate surface area is 121 Å². The lowest BCUT2D eigenvalue weighted by molar-refractivity contribution is -0.128. The van der Waals surface area contributed by atoms with E-state index in [-0.39, 0.29) is 5.91 Å². The number of anilines is 1. The molecule has 3 fully saturated rings. The second-order valence-corrected chi connectivity index (χ2v) is 6.43. The van der Waals surface area contributed by atoms with Gasteiger partial charge in [-0.2, -0.15) is 0 Å². The summed E-state index contributed by atoms with van der Waals surface area (Å²) >= 11 is 3.42. The fraction of sp³-hybridized carbons (Fsp3) is 0.500. The summed E-state index contributed by atoms with van der Waals surface area (Å²) in [5.41, 5.74) is 6.08. The number of carbonyl (C=O) groups is 1. The van der Waals surface area contributed by atoms with Gasteiger partial charge in [-0.15, -0.1) is 0 Å². The molecule has 1 aromatic rings. The average molecular weight is 324 g/mol. The third kappa shape index (κ3) is 2.25. The molecule has 1 amide bonds. The van der Waals surface area contributed by atoms with Crippen LogP contribution in [-0.2, 0) is 4.79 Å². The van der Waals surface area contributed by atoms with Crippen LogP contribution in [0.4, 0.5) is 5.69 Å². The van der Waals surface area contributed by atoms with E-state index in [1.165, 1.54) is 0 Å². The van der Waals surface area contributed by atoms with Gasteiger partial charge >= 0.3 is 0 Å². The van der Waals surface area contributed by atoms with Crippen molar-refractivity contribution in [2.75, 3.05) is 25.0 Å². The number of nitrogens with zero attached hydrogens (tertiary/aromatic N) is 1. The fourth-order valence-corrected chi connectivity index (χ4v) is 3.60. The molecule has 5 heteroatoms. The third-order valence-corrected chi connectivity index (χ3v) is 4.94. The molecule has 3 aliphatic rings. The first-order valence-electron chi connectivity index (χ1n) is 6.66. The highest BCUT2D eigenvalue weighted by molar-refractivity contribution is 9.10. The van der Waals surface area contributed by atoms with E-state index in [0.29, 0.717) is 5.92 Å². The standard InChI is InChI=1S/C14H18BrN3O/c15-11-1-3-12(4-2-11)17-14(13(16)19)9-18-7-5-10(14)6-8-18/h1-4,10,17H,5-9H2,(H2,16,19). The van der Waals surface area contributed by atoms with E-state index in [1.807, 2.05) is 24.3 Å². The van der Waals surface area contributed by atoms with E-state index < -0.39 is 5.54 Å². The number of fused-ring (bicyclic) bond motifs is 3. The lowest BCUT2D eigenvalue weighted by Crippen LogP contribution is -2.68.